The van der Waals surface area contributed by atoms with Gasteiger partial charge in [0, 0.05) is 25.7 Å². The molecule has 0 saturated heterocycles. The maximum Gasteiger partial charge on any atom is 0.407 e. The highest BCUT2D eigenvalue weighted by atomic mass is 16.6. The molecule has 2 heterocycles. The fourth-order valence-corrected chi connectivity index (χ4v) is 3.12. The van der Waals surface area contributed by atoms with Crippen LogP contribution >= 0.6 is 0 Å². The van der Waals surface area contributed by atoms with E-state index in [2.05, 4.69) is 20.7 Å². The SMILES string of the molecule is COc1cccc(-c2cc(C(=O)NCCCNC(=O)OC(C)(C)C)c3cnn(C)c3n2)c1. The third-order valence-electron chi connectivity index (χ3n) is 4.62. The Hall–Kier alpha value is -3.62. The minimum atomic E-state index is -0.546. The van der Waals surface area contributed by atoms with E-state index >= 15 is 0 Å². The van der Waals surface area contributed by atoms with Gasteiger partial charge < -0.3 is 20.1 Å². The van der Waals surface area contributed by atoms with Crippen LogP contribution in [0.25, 0.3) is 22.3 Å². The van der Waals surface area contributed by atoms with Crippen LogP contribution in [0.5, 0.6) is 5.75 Å². The van der Waals surface area contributed by atoms with Gasteiger partial charge in [0.1, 0.15) is 11.4 Å². The van der Waals surface area contributed by atoms with Crippen LogP contribution in [0, 0.1) is 0 Å². The maximum atomic E-state index is 12.9. The van der Waals surface area contributed by atoms with Crippen LogP contribution in [-0.4, -0.2) is 52.6 Å². The van der Waals surface area contributed by atoms with Crippen molar-refractivity contribution >= 4 is 23.0 Å². The highest BCUT2D eigenvalue weighted by Gasteiger charge is 2.17. The molecule has 0 fully saturated rings. The molecule has 9 heteroatoms. The predicted octanol–water partition coefficient (Wildman–Crippen LogP) is 3.29. The lowest BCUT2D eigenvalue weighted by Gasteiger charge is -2.19. The van der Waals surface area contributed by atoms with E-state index in [1.165, 1.54) is 0 Å². The number of ether oxygens (including phenoxy) is 2. The van der Waals surface area contributed by atoms with Crippen molar-refractivity contribution in [2.75, 3.05) is 20.2 Å². The van der Waals surface area contributed by atoms with Gasteiger partial charge in [-0.1, -0.05) is 12.1 Å². The van der Waals surface area contributed by atoms with Crippen molar-refractivity contribution in [3.63, 3.8) is 0 Å². The lowest BCUT2D eigenvalue weighted by Crippen LogP contribution is -2.34. The van der Waals surface area contributed by atoms with E-state index in [4.69, 9.17) is 9.47 Å². The molecule has 2 N–H and O–H groups in total. The van der Waals surface area contributed by atoms with Crippen molar-refractivity contribution in [1.82, 2.24) is 25.4 Å². The molecule has 3 aromatic rings. The zero-order chi connectivity index (χ0) is 23.3. The highest BCUT2D eigenvalue weighted by Crippen LogP contribution is 2.27. The number of pyridine rings is 1. The number of rotatable bonds is 7. The molecular weight excluding hydrogens is 410 g/mol. The van der Waals surface area contributed by atoms with Gasteiger partial charge in [-0.3, -0.25) is 9.48 Å². The summed E-state index contributed by atoms with van der Waals surface area (Å²) in [6.45, 7) is 6.21. The van der Waals surface area contributed by atoms with Crippen LogP contribution in [0.1, 0.15) is 37.6 Å². The average molecular weight is 440 g/mol. The van der Waals surface area contributed by atoms with Crippen molar-refractivity contribution in [2.24, 2.45) is 7.05 Å². The van der Waals surface area contributed by atoms with Gasteiger partial charge in [0.25, 0.3) is 5.91 Å². The number of nitrogens with one attached hydrogen (secondary N) is 2. The minimum absolute atomic E-state index is 0.230. The first kappa shape index (κ1) is 23.1. The van der Waals surface area contributed by atoms with Crippen molar-refractivity contribution in [3.05, 3.63) is 42.1 Å². The number of hydrogen-bond donors (Lipinski definition) is 2. The van der Waals surface area contributed by atoms with E-state index in [9.17, 15) is 9.59 Å². The second-order valence-electron chi connectivity index (χ2n) is 8.33. The molecule has 3 rings (SSSR count). The van der Waals surface area contributed by atoms with E-state index in [0.29, 0.717) is 47.6 Å². The minimum Gasteiger partial charge on any atom is -0.497 e. The fraction of sp³-hybridized carbons (Fsp3) is 0.391. The van der Waals surface area contributed by atoms with Crippen LogP contribution in [0.3, 0.4) is 0 Å². The van der Waals surface area contributed by atoms with Crippen molar-refractivity contribution in [3.8, 4) is 17.0 Å². The molecule has 0 aliphatic carbocycles. The Morgan fingerprint density at radius 2 is 1.88 bits per heavy atom. The summed E-state index contributed by atoms with van der Waals surface area (Å²) in [6.07, 6.45) is 1.73. The molecule has 0 aliphatic rings. The first-order chi connectivity index (χ1) is 15.2. The molecule has 170 valence electrons. The Bertz CT molecular complexity index is 1120. The van der Waals surface area contributed by atoms with Gasteiger partial charge in [-0.2, -0.15) is 5.10 Å². The molecule has 0 aliphatic heterocycles. The first-order valence-electron chi connectivity index (χ1n) is 10.4. The summed E-state index contributed by atoms with van der Waals surface area (Å²) in [5, 5.41) is 10.5. The number of aryl methyl sites for hydroxylation is 1. The van der Waals surface area contributed by atoms with Gasteiger partial charge in [0.15, 0.2) is 5.65 Å². The second-order valence-corrected chi connectivity index (χ2v) is 8.33. The topological polar surface area (TPSA) is 107 Å². The van der Waals surface area contributed by atoms with Gasteiger partial charge in [0.2, 0.25) is 0 Å². The summed E-state index contributed by atoms with van der Waals surface area (Å²) in [4.78, 5) is 29.3. The quantitative estimate of drug-likeness (QED) is 0.547. The Balaban J connectivity index is 1.70. The molecule has 1 aromatic carbocycles. The lowest BCUT2D eigenvalue weighted by molar-refractivity contribution is 0.0527. The third-order valence-corrected chi connectivity index (χ3v) is 4.62. The number of fused-ring (bicyclic) bond motifs is 1. The van der Waals surface area contributed by atoms with Gasteiger partial charge in [-0.25, -0.2) is 9.78 Å². The summed E-state index contributed by atoms with van der Waals surface area (Å²) in [5.74, 6) is 0.477. The fourth-order valence-electron chi connectivity index (χ4n) is 3.12. The molecule has 32 heavy (non-hydrogen) atoms. The molecule has 0 saturated carbocycles. The molecule has 9 nitrogen and oxygen atoms in total. The Labute approximate surface area is 187 Å². The normalized spacial score (nSPS) is 11.3. The summed E-state index contributed by atoms with van der Waals surface area (Å²) in [6, 6.07) is 9.27. The number of carbonyl (C=O) groups is 2. The van der Waals surface area contributed by atoms with Crippen molar-refractivity contribution in [1.29, 1.82) is 0 Å². The van der Waals surface area contributed by atoms with Crippen LogP contribution in [0.2, 0.25) is 0 Å². The smallest absolute Gasteiger partial charge is 0.407 e. The van der Waals surface area contributed by atoms with Gasteiger partial charge in [0.05, 0.1) is 30.0 Å². The van der Waals surface area contributed by atoms with E-state index in [1.54, 1.807) is 51.9 Å². The number of nitrogens with zero attached hydrogens (tertiary/aromatic N) is 3. The van der Waals surface area contributed by atoms with Gasteiger partial charge in [-0.05, 0) is 45.4 Å². The van der Waals surface area contributed by atoms with Crippen LogP contribution in [-0.2, 0) is 11.8 Å². The third kappa shape index (κ3) is 5.75. The van der Waals surface area contributed by atoms with E-state index in [-0.39, 0.29) is 5.91 Å². The Morgan fingerprint density at radius 3 is 2.59 bits per heavy atom. The largest absolute Gasteiger partial charge is 0.497 e. The lowest BCUT2D eigenvalue weighted by atomic mass is 10.1. The first-order valence-corrected chi connectivity index (χ1v) is 10.4. The van der Waals surface area contributed by atoms with Crippen LogP contribution in [0.15, 0.2) is 36.5 Å². The standard InChI is InChI=1S/C23H29N5O4/c1-23(2,3)32-22(30)25-11-7-10-24-21(29)17-13-19(15-8-6-9-16(12-15)31-5)27-20-18(17)14-26-28(20)4/h6,8-9,12-14H,7,10-11H2,1-5H3,(H,24,29)(H,25,30). The molecule has 2 amide bonds. The number of alkyl carbamates (subject to hydrolysis) is 1. The maximum absolute atomic E-state index is 12.9. The van der Waals surface area contributed by atoms with Crippen LogP contribution < -0.4 is 15.4 Å². The second kappa shape index (κ2) is 9.67. The van der Waals surface area contributed by atoms with Crippen molar-refractivity contribution in [2.45, 2.75) is 32.8 Å². The highest BCUT2D eigenvalue weighted by molar-refractivity contribution is 6.06. The number of aromatic nitrogens is 3. The summed E-state index contributed by atoms with van der Waals surface area (Å²) in [7, 11) is 3.39. The molecule has 0 atom stereocenters. The monoisotopic (exact) mass is 439 g/mol. The van der Waals surface area contributed by atoms with E-state index in [0.717, 1.165) is 5.56 Å². The molecular formula is C23H29N5O4. The predicted molar refractivity (Wildman–Crippen MR) is 122 cm³/mol. The van der Waals surface area contributed by atoms with Crippen LogP contribution in [0.4, 0.5) is 4.79 Å². The summed E-state index contributed by atoms with van der Waals surface area (Å²) in [5.41, 5.74) is 2.04. The van der Waals surface area contributed by atoms with Gasteiger partial charge >= 0.3 is 6.09 Å². The zero-order valence-electron chi connectivity index (χ0n) is 19.1. The molecule has 0 unspecified atom stereocenters. The number of carbonyl (C=O) groups excluding carboxylic acids is 2. The van der Waals surface area contributed by atoms with Gasteiger partial charge in [-0.15, -0.1) is 0 Å². The van der Waals surface area contributed by atoms with E-state index in [1.807, 2.05) is 24.3 Å². The summed E-state index contributed by atoms with van der Waals surface area (Å²) < 4.78 is 12.1. The van der Waals surface area contributed by atoms with E-state index < -0.39 is 11.7 Å². The average Bonchev–Trinajstić information content (AvgIpc) is 3.12. The number of benzene rings is 1. The molecule has 0 radical (unpaired) electrons. The number of methoxy groups -OCH3 is 1. The molecule has 0 spiro atoms. The number of amides is 2. The summed E-state index contributed by atoms with van der Waals surface area (Å²) >= 11 is 0. The molecule has 0 bridgehead atoms. The Morgan fingerprint density at radius 1 is 1.12 bits per heavy atom. The zero-order valence-corrected chi connectivity index (χ0v) is 19.1. The number of hydrogen-bond acceptors (Lipinski definition) is 6. The Kier molecular flexibility index (Phi) is 6.97. The van der Waals surface area contributed by atoms with Crippen molar-refractivity contribution < 1.29 is 19.1 Å². The molecule has 2 aromatic heterocycles.